The van der Waals surface area contributed by atoms with Crippen LogP contribution in [0.4, 0.5) is 0 Å². The number of carbonyl (C=O) groups is 9. The Hall–Kier alpha value is -10.9. The number of hydrogen-bond acceptors (Lipinski definition) is 32. The summed E-state index contributed by atoms with van der Waals surface area (Å²) in [5.41, 5.74) is 15.5. The van der Waals surface area contributed by atoms with Gasteiger partial charge in [0.2, 0.25) is 53.4 Å². The number of phenols is 1. The molecule has 3 fully saturated rings. The van der Waals surface area contributed by atoms with Gasteiger partial charge in [-0.2, -0.15) is 0 Å². The van der Waals surface area contributed by atoms with Crippen molar-refractivity contribution in [1.29, 1.82) is 0 Å². The van der Waals surface area contributed by atoms with Gasteiger partial charge in [0, 0.05) is 54.1 Å². The fraction of sp³-hybridized carbons (Fsp3) is 0.433. The summed E-state index contributed by atoms with van der Waals surface area (Å²) in [5, 5.41) is 139. The molecule has 0 radical (unpaired) electrons. The van der Waals surface area contributed by atoms with Gasteiger partial charge in [0.25, 0.3) is 5.91 Å². The van der Waals surface area contributed by atoms with E-state index in [1.54, 1.807) is 26.0 Å². The van der Waals surface area contributed by atoms with Crippen LogP contribution in [0, 0.1) is 0 Å². The second-order valence-corrected chi connectivity index (χ2v) is 35.1. The summed E-state index contributed by atoms with van der Waals surface area (Å²) in [5.74, 6) is -15.1. The molecular formula is C90H105Cl3N12O28. The van der Waals surface area contributed by atoms with E-state index in [2.05, 4.69) is 47.9 Å². The highest BCUT2D eigenvalue weighted by Crippen LogP contribution is 2.50. The lowest BCUT2D eigenvalue weighted by Gasteiger charge is -2.48. The number of esters is 1. The molecule has 11 bridgehead atoms. The zero-order valence-electron chi connectivity index (χ0n) is 72.5. The van der Waals surface area contributed by atoms with Crippen LogP contribution in [0.25, 0.3) is 22.3 Å². The zero-order valence-corrected chi connectivity index (χ0v) is 74.7. The molecule has 7 aromatic rings. The number of ether oxygens (including phenoxy) is 9. The summed E-state index contributed by atoms with van der Waals surface area (Å²) in [4.78, 5) is 136. The van der Waals surface area contributed by atoms with Crippen LogP contribution >= 0.6 is 34.8 Å². The zero-order chi connectivity index (χ0) is 96.1. The van der Waals surface area contributed by atoms with Crippen molar-refractivity contribution in [2.24, 2.45) is 17.2 Å². The smallest absolute Gasteiger partial charge is 0.333 e. The normalized spacial score (nSPS) is 28.8. The van der Waals surface area contributed by atoms with Gasteiger partial charge < -0.3 is 159 Å². The van der Waals surface area contributed by atoms with Crippen LogP contribution in [0.1, 0.15) is 136 Å². The monoisotopic (exact) mass is 1910 g/mol. The minimum Gasteiger partial charge on any atom is -0.508 e. The third-order valence-electron chi connectivity index (χ3n) is 23.9. The van der Waals surface area contributed by atoms with Crippen LogP contribution in [0.3, 0.4) is 0 Å². The molecule has 714 valence electrons. The van der Waals surface area contributed by atoms with E-state index in [-0.39, 0.29) is 72.3 Å². The fourth-order valence-corrected chi connectivity index (χ4v) is 17.2. The quantitative estimate of drug-likeness (QED) is 0.0300. The SMILES string of the molecule is CN[C@H](CC(C)O)C(=O)N[C@H]1C(=O)N[C@@H](CC(N)=O)C(=O)N[C@H]2C(=O)N[C@H]3C(=O)N[C@H](C(=O)N[C@H](C(=O)OCC(=O)NCCN)c4cc(O)ccc4-c4cc3ccc4C(O)O)[C@H](O[C@H]3C[C@](C)(N)[C@@H](O)[C@H](C)O3)c3ccc(c(Cl)c3)Oc3cc2cc(c3O[C@@H]2O[C@H](CO)[C@@H](O)[C@H](O)[C@H]2O[C@H]2C[C@](C)(NCc3ccc(-c4ccc(Cl)cc4)cc3)[C@@H](O)[C@H](C)O2)Oc2ccc(cc2Cl)[C@H]1O. The van der Waals surface area contributed by atoms with Gasteiger partial charge in [-0.3, -0.25) is 38.4 Å². The Morgan fingerprint density at radius 2 is 1.26 bits per heavy atom. The van der Waals surface area contributed by atoms with Crippen molar-refractivity contribution < 1.29 is 137 Å². The number of aromatic hydroxyl groups is 1. The maximum atomic E-state index is 16.8. The van der Waals surface area contributed by atoms with Crippen molar-refractivity contribution in [3.63, 3.8) is 0 Å². The molecule has 8 amide bonds. The summed E-state index contributed by atoms with van der Waals surface area (Å²) in [6, 6.07) is 15.8. The summed E-state index contributed by atoms with van der Waals surface area (Å²) in [6.45, 7) is 5.61. The number of hydrogen-bond donors (Lipinski definition) is 22. The van der Waals surface area contributed by atoms with Gasteiger partial charge in [-0.15, -0.1) is 0 Å². The molecule has 15 rings (SSSR count). The highest BCUT2D eigenvalue weighted by atomic mass is 35.5. The molecule has 8 aliphatic rings. The number of carbonyl (C=O) groups excluding carboxylic acids is 9. The van der Waals surface area contributed by atoms with Crippen molar-refractivity contribution in [3.8, 4) is 56.8 Å². The fourth-order valence-electron chi connectivity index (χ4n) is 16.7. The number of aliphatic hydroxyl groups excluding tert-OH is 8. The molecule has 8 aliphatic heterocycles. The van der Waals surface area contributed by atoms with Crippen LogP contribution in [0.15, 0.2) is 133 Å². The first-order valence-corrected chi connectivity index (χ1v) is 43.7. The van der Waals surface area contributed by atoms with Gasteiger partial charge in [-0.05, 0) is 170 Å². The molecule has 8 heterocycles. The van der Waals surface area contributed by atoms with Crippen LogP contribution in [0.5, 0.6) is 34.5 Å². The molecule has 0 spiro atoms. The maximum Gasteiger partial charge on any atom is 0.333 e. The second kappa shape index (κ2) is 42.4. The van der Waals surface area contributed by atoms with E-state index in [1.807, 2.05) is 36.4 Å². The van der Waals surface area contributed by atoms with Gasteiger partial charge in [-0.1, -0.05) is 102 Å². The predicted molar refractivity (Wildman–Crippen MR) is 471 cm³/mol. The number of aliphatic hydroxyl groups is 9. The van der Waals surface area contributed by atoms with Gasteiger partial charge in [-0.25, -0.2) is 4.79 Å². The summed E-state index contributed by atoms with van der Waals surface area (Å²) in [7, 11) is 1.36. The van der Waals surface area contributed by atoms with Crippen molar-refractivity contribution in [1.82, 2.24) is 47.9 Å². The average molecular weight is 1910 g/mol. The molecule has 43 heteroatoms. The Labute approximate surface area is 776 Å². The van der Waals surface area contributed by atoms with Crippen LogP contribution in [0.2, 0.25) is 15.1 Å². The standard InChI is InChI=1S/C90H105Cl3N12O28/c1-38(107)25-56(97-6)80(116)104-70-72(111)45-14-21-58(54(92)27-45)128-60-29-47-30-61(76(60)133-88-77(74(113)73(112)62(36-106)130-88)132-66-34-90(5,79(115)40(3)127-66)99-35-41-7-9-42(10-8-41)43-11-16-48(91)17-12-43)129-59-22-15-46(28-55(59)93)75(131-65-33-89(4,96)78(114)39(2)126-65)71-85(121)103-69(87(124)125-37-64(110)98-24-23-94)53-31-49(108)18-20-50(53)52-26-44(13-19-51(52)86(122)123)67(82(118)105-71)102-83(119)68(47)101-81(117)57(32-63(95)109)100-84(70)120/h7-22,26-31,38-40,56-57,62,65-75,77-79,86,88,97,99,106-108,111-115,122-123H,23-25,32-37,94,96H2,1-6H3,(H2,95,109)(H,98,110)(H,100,120)(H,101,117)(H,102,119)(H,103,121)(H,104,116)(H,105,118)/t38?,39-,40-,56+,57-,62+,65-,66-,67+,68+,69-,70+,71-,72+,73+,74-,75+,77+,78-,79-,88-,89-,90-/m0/s1. The maximum absolute atomic E-state index is 16.8. The molecule has 23 atom stereocenters. The number of primary amides is 1. The van der Waals surface area contributed by atoms with Crippen LogP contribution in [-0.4, -0.2) is 247 Å². The Bertz CT molecular complexity index is 5480. The van der Waals surface area contributed by atoms with Gasteiger partial charge in [0.05, 0.1) is 59.6 Å². The van der Waals surface area contributed by atoms with Crippen LogP contribution < -0.4 is 79.3 Å². The number of halogens is 3. The topological polar surface area (TPSA) is 625 Å². The Morgan fingerprint density at radius 1 is 0.647 bits per heavy atom. The second-order valence-electron chi connectivity index (χ2n) is 33.9. The van der Waals surface area contributed by atoms with E-state index in [0.29, 0.717) is 5.02 Å². The Balaban J connectivity index is 1.03. The number of nitrogens with two attached hydrogens (primary N) is 3. The number of amides is 8. The first-order valence-electron chi connectivity index (χ1n) is 42.5. The third kappa shape index (κ3) is 22.9. The molecular weight excluding hydrogens is 1800 g/mol. The highest BCUT2D eigenvalue weighted by molar-refractivity contribution is 6.32. The predicted octanol–water partition coefficient (Wildman–Crippen LogP) is 1.33. The number of likely N-dealkylation sites (N-methyl/N-ethyl adjacent to an activating group) is 1. The average Bonchev–Trinajstić information content (AvgIpc) is 0.764. The van der Waals surface area contributed by atoms with E-state index >= 15 is 28.8 Å². The van der Waals surface area contributed by atoms with Crippen LogP contribution in [-0.2, 0) is 78.1 Å². The first kappa shape index (κ1) is 99.6. The first-order chi connectivity index (χ1) is 63.1. The van der Waals surface area contributed by atoms with E-state index < -0.39 is 274 Å². The van der Waals surface area contributed by atoms with Gasteiger partial charge in [0.15, 0.2) is 49.1 Å². The molecule has 0 saturated carbocycles. The molecule has 3 saturated heterocycles. The summed E-state index contributed by atoms with van der Waals surface area (Å²) < 4.78 is 58.7. The Morgan fingerprint density at radius 3 is 1.87 bits per heavy atom. The summed E-state index contributed by atoms with van der Waals surface area (Å²) >= 11 is 20.9. The largest absolute Gasteiger partial charge is 0.508 e. The number of benzene rings is 7. The third-order valence-corrected chi connectivity index (χ3v) is 24.7. The lowest BCUT2D eigenvalue weighted by atomic mass is 9.84. The van der Waals surface area contributed by atoms with E-state index in [0.717, 1.165) is 65.2 Å². The van der Waals surface area contributed by atoms with Gasteiger partial charge >= 0.3 is 5.97 Å². The van der Waals surface area contributed by atoms with E-state index in [4.69, 9.17) is 94.6 Å². The number of phenolic OH excluding ortho intramolecular Hbond substituents is 1. The minimum absolute atomic E-state index is 0.0387. The molecule has 40 nitrogen and oxygen atoms in total. The highest BCUT2D eigenvalue weighted by Gasteiger charge is 2.53. The van der Waals surface area contributed by atoms with E-state index in [9.17, 15) is 65.4 Å². The van der Waals surface area contributed by atoms with Gasteiger partial charge in [0.1, 0.15) is 78.0 Å². The molecule has 7 aromatic carbocycles. The molecule has 1 unspecified atom stereocenters. The molecule has 0 aliphatic carbocycles. The molecule has 0 aromatic heterocycles. The summed E-state index contributed by atoms with van der Waals surface area (Å²) in [6.07, 6.45) is -27.4. The lowest BCUT2D eigenvalue weighted by Crippen LogP contribution is -2.65. The number of nitrogens with one attached hydrogen (secondary N) is 9. The number of rotatable bonds is 24. The minimum atomic E-state index is -2.44. The van der Waals surface area contributed by atoms with Crippen molar-refractivity contribution in [2.45, 2.75) is 213 Å². The van der Waals surface area contributed by atoms with Crippen molar-refractivity contribution >= 4 is 88.0 Å². The number of fused-ring (bicyclic) bond motifs is 15. The van der Waals surface area contributed by atoms with E-state index in [1.165, 1.54) is 64.2 Å². The molecule has 133 heavy (non-hydrogen) atoms. The van der Waals surface area contributed by atoms with Crippen molar-refractivity contribution in [2.75, 3.05) is 33.4 Å². The molecule has 25 N–H and O–H groups in total. The van der Waals surface area contributed by atoms with Crippen molar-refractivity contribution in [3.05, 3.63) is 187 Å². The lowest BCUT2D eigenvalue weighted by molar-refractivity contribution is -0.334. The Kier molecular flexibility index (Phi) is 31.7.